The molecule has 1 aliphatic carbocycles. The van der Waals surface area contributed by atoms with Gasteiger partial charge in [-0.2, -0.15) is 5.10 Å². The first-order valence-corrected chi connectivity index (χ1v) is 8.27. The Bertz CT molecular complexity index is 602. The van der Waals surface area contributed by atoms with Gasteiger partial charge < -0.3 is 5.32 Å². The van der Waals surface area contributed by atoms with Crippen LogP contribution < -0.4 is 5.32 Å². The average molecular weight is 286 g/mol. The fourth-order valence-corrected chi connectivity index (χ4v) is 3.43. The van der Waals surface area contributed by atoms with Crippen LogP contribution in [0.25, 0.3) is 11.0 Å². The molecule has 0 amide bonds. The predicted octanol–water partition coefficient (Wildman–Crippen LogP) is 4.39. The van der Waals surface area contributed by atoms with Crippen LogP contribution in [0, 0.1) is 5.92 Å². The minimum atomic E-state index is 0.345. The minimum absolute atomic E-state index is 0.345. The van der Waals surface area contributed by atoms with E-state index in [0.717, 1.165) is 22.6 Å². The van der Waals surface area contributed by atoms with E-state index in [2.05, 4.69) is 42.2 Å². The molecule has 21 heavy (non-hydrogen) atoms. The zero-order valence-electron chi connectivity index (χ0n) is 13.3. The first-order chi connectivity index (χ1) is 10.2. The molecule has 3 rings (SSSR count). The lowest BCUT2D eigenvalue weighted by molar-refractivity contribution is 0.327. The first kappa shape index (κ1) is 14.4. The standard InChI is InChI=1S/C17H26N4/c1-4-13-6-5-7-15(8-13)20-16-9-14-10-19-21(12(2)3)17(14)18-11-16/h9-13,15,20H,4-8H2,1-3H3. The maximum absolute atomic E-state index is 4.61. The van der Waals surface area contributed by atoms with Gasteiger partial charge in [0.05, 0.1) is 18.1 Å². The Hall–Kier alpha value is -1.58. The zero-order valence-corrected chi connectivity index (χ0v) is 13.3. The molecule has 0 saturated heterocycles. The summed E-state index contributed by atoms with van der Waals surface area (Å²) < 4.78 is 1.98. The number of aromatic nitrogens is 3. The molecule has 0 radical (unpaired) electrons. The van der Waals surface area contributed by atoms with Crippen molar-refractivity contribution in [3.05, 3.63) is 18.5 Å². The van der Waals surface area contributed by atoms with Crippen LogP contribution in [0.1, 0.15) is 58.9 Å². The van der Waals surface area contributed by atoms with E-state index in [4.69, 9.17) is 0 Å². The highest BCUT2D eigenvalue weighted by Gasteiger charge is 2.20. The van der Waals surface area contributed by atoms with Gasteiger partial charge in [-0.1, -0.05) is 26.2 Å². The van der Waals surface area contributed by atoms with Crippen molar-refractivity contribution in [1.29, 1.82) is 0 Å². The van der Waals surface area contributed by atoms with Gasteiger partial charge in [-0.3, -0.25) is 0 Å². The second-order valence-corrected chi connectivity index (χ2v) is 6.60. The molecule has 1 aliphatic rings. The van der Waals surface area contributed by atoms with E-state index < -0.39 is 0 Å². The Labute approximate surface area is 126 Å². The number of nitrogens with one attached hydrogen (secondary N) is 1. The van der Waals surface area contributed by atoms with Crippen molar-refractivity contribution in [2.45, 2.75) is 65.0 Å². The summed E-state index contributed by atoms with van der Waals surface area (Å²) in [6, 6.07) is 3.13. The van der Waals surface area contributed by atoms with Crippen LogP contribution in [-0.4, -0.2) is 20.8 Å². The molecule has 114 valence electrons. The number of hydrogen-bond donors (Lipinski definition) is 1. The van der Waals surface area contributed by atoms with Crippen LogP contribution >= 0.6 is 0 Å². The smallest absolute Gasteiger partial charge is 0.158 e. The molecule has 0 bridgehead atoms. The number of nitrogens with zero attached hydrogens (tertiary/aromatic N) is 3. The second kappa shape index (κ2) is 6.04. The molecule has 2 heterocycles. The van der Waals surface area contributed by atoms with Crippen LogP contribution in [-0.2, 0) is 0 Å². The number of pyridine rings is 1. The Morgan fingerprint density at radius 2 is 2.19 bits per heavy atom. The van der Waals surface area contributed by atoms with Gasteiger partial charge >= 0.3 is 0 Å². The van der Waals surface area contributed by atoms with Crippen LogP contribution in [0.2, 0.25) is 0 Å². The van der Waals surface area contributed by atoms with E-state index >= 15 is 0 Å². The highest BCUT2D eigenvalue weighted by molar-refractivity contribution is 5.78. The largest absolute Gasteiger partial charge is 0.381 e. The Kier molecular flexibility index (Phi) is 4.13. The predicted molar refractivity (Wildman–Crippen MR) is 87.6 cm³/mol. The van der Waals surface area contributed by atoms with Crippen molar-refractivity contribution in [3.63, 3.8) is 0 Å². The Morgan fingerprint density at radius 3 is 2.95 bits per heavy atom. The van der Waals surface area contributed by atoms with E-state index in [1.807, 2.05) is 17.1 Å². The van der Waals surface area contributed by atoms with E-state index in [1.54, 1.807) is 0 Å². The Morgan fingerprint density at radius 1 is 1.33 bits per heavy atom. The second-order valence-electron chi connectivity index (χ2n) is 6.60. The van der Waals surface area contributed by atoms with Crippen LogP contribution in [0.5, 0.6) is 0 Å². The normalized spacial score (nSPS) is 22.9. The van der Waals surface area contributed by atoms with Crippen molar-refractivity contribution in [2.24, 2.45) is 5.92 Å². The molecule has 2 aromatic rings. The molecule has 2 unspecified atom stereocenters. The summed E-state index contributed by atoms with van der Waals surface area (Å²) in [4.78, 5) is 4.61. The molecule has 2 aromatic heterocycles. The molecular formula is C17H26N4. The molecule has 0 spiro atoms. The lowest BCUT2D eigenvalue weighted by Gasteiger charge is -2.29. The van der Waals surface area contributed by atoms with Gasteiger partial charge in [0.15, 0.2) is 5.65 Å². The first-order valence-electron chi connectivity index (χ1n) is 8.27. The van der Waals surface area contributed by atoms with E-state index in [-0.39, 0.29) is 0 Å². The third-order valence-electron chi connectivity index (χ3n) is 4.65. The van der Waals surface area contributed by atoms with Crippen molar-refractivity contribution in [3.8, 4) is 0 Å². The van der Waals surface area contributed by atoms with Crippen molar-refractivity contribution >= 4 is 16.7 Å². The van der Waals surface area contributed by atoms with Crippen LogP contribution in [0.4, 0.5) is 5.69 Å². The monoisotopic (exact) mass is 286 g/mol. The molecule has 0 aromatic carbocycles. The molecule has 1 N–H and O–H groups in total. The third kappa shape index (κ3) is 3.04. The van der Waals surface area contributed by atoms with Gasteiger partial charge in [0, 0.05) is 17.5 Å². The fraction of sp³-hybridized carbons (Fsp3) is 0.647. The number of hydrogen-bond acceptors (Lipinski definition) is 3. The van der Waals surface area contributed by atoms with E-state index in [1.165, 1.54) is 32.1 Å². The lowest BCUT2D eigenvalue weighted by atomic mass is 9.84. The highest BCUT2D eigenvalue weighted by Crippen LogP contribution is 2.29. The molecule has 1 saturated carbocycles. The third-order valence-corrected chi connectivity index (χ3v) is 4.65. The van der Waals surface area contributed by atoms with Gasteiger partial charge in [0.1, 0.15) is 0 Å². The average Bonchev–Trinajstić information content (AvgIpc) is 2.90. The summed E-state index contributed by atoms with van der Waals surface area (Å²) in [6.07, 6.45) is 10.5. The summed E-state index contributed by atoms with van der Waals surface area (Å²) in [5, 5.41) is 9.23. The van der Waals surface area contributed by atoms with Crippen LogP contribution in [0.15, 0.2) is 18.5 Å². The minimum Gasteiger partial charge on any atom is -0.381 e. The number of fused-ring (bicyclic) bond motifs is 1. The number of anilines is 1. The van der Waals surface area contributed by atoms with Crippen LogP contribution in [0.3, 0.4) is 0 Å². The maximum atomic E-state index is 4.61. The topological polar surface area (TPSA) is 42.7 Å². The van der Waals surface area contributed by atoms with Crippen molar-refractivity contribution in [2.75, 3.05) is 5.32 Å². The SMILES string of the molecule is CCC1CCCC(Nc2cnc3c(cnn3C(C)C)c2)C1. The summed E-state index contributed by atoms with van der Waals surface area (Å²) in [5.41, 5.74) is 2.11. The quantitative estimate of drug-likeness (QED) is 0.906. The molecule has 1 fully saturated rings. The maximum Gasteiger partial charge on any atom is 0.158 e. The molecule has 4 nitrogen and oxygen atoms in total. The van der Waals surface area contributed by atoms with E-state index in [9.17, 15) is 0 Å². The van der Waals surface area contributed by atoms with Crippen molar-refractivity contribution in [1.82, 2.24) is 14.8 Å². The zero-order chi connectivity index (χ0) is 14.8. The van der Waals surface area contributed by atoms with Gasteiger partial charge in [0.2, 0.25) is 0 Å². The highest BCUT2D eigenvalue weighted by atomic mass is 15.3. The molecule has 4 heteroatoms. The van der Waals surface area contributed by atoms with E-state index in [0.29, 0.717) is 12.1 Å². The van der Waals surface area contributed by atoms with Crippen molar-refractivity contribution < 1.29 is 0 Å². The Balaban J connectivity index is 1.75. The summed E-state index contributed by atoms with van der Waals surface area (Å²) in [6.45, 7) is 6.57. The fourth-order valence-electron chi connectivity index (χ4n) is 3.43. The molecule has 0 aliphatic heterocycles. The van der Waals surface area contributed by atoms with Gasteiger partial charge in [-0.25, -0.2) is 9.67 Å². The summed E-state index contributed by atoms with van der Waals surface area (Å²) in [7, 11) is 0. The van der Waals surface area contributed by atoms with Gasteiger partial charge in [0.25, 0.3) is 0 Å². The summed E-state index contributed by atoms with van der Waals surface area (Å²) >= 11 is 0. The van der Waals surface area contributed by atoms with Gasteiger partial charge in [-0.05, 0) is 38.7 Å². The number of rotatable bonds is 4. The summed E-state index contributed by atoms with van der Waals surface area (Å²) in [5.74, 6) is 0.886. The lowest BCUT2D eigenvalue weighted by Crippen LogP contribution is -2.27. The molecule has 2 atom stereocenters. The molecular weight excluding hydrogens is 260 g/mol. The van der Waals surface area contributed by atoms with Gasteiger partial charge in [-0.15, -0.1) is 0 Å².